The first-order valence-corrected chi connectivity index (χ1v) is 11.5. The van der Waals surface area contributed by atoms with Crippen LogP contribution in [0.1, 0.15) is 42.1 Å². The predicted molar refractivity (Wildman–Crippen MR) is 125 cm³/mol. The number of fused-ring (bicyclic) bond motifs is 1. The van der Waals surface area contributed by atoms with Gasteiger partial charge in [0.25, 0.3) is 5.91 Å². The van der Waals surface area contributed by atoms with E-state index < -0.39 is 0 Å². The highest BCUT2D eigenvalue weighted by molar-refractivity contribution is 6.35. The van der Waals surface area contributed by atoms with E-state index in [-0.39, 0.29) is 23.9 Å². The number of ether oxygens (including phenoxy) is 1. The molecule has 2 aliphatic heterocycles. The highest BCUT2D eigenvalue weighted by atomic mass is 35.5. The van der Waals surface area contributed by atoms with Crippen molar-refractivity contribution in [3.05, 3.63) is 65.3 Å². The van der Waals surface area contributed by atoms with Crippen molar-refractivity contribution >= 4 is 40.0 Å². The molecule has 5 rings (SSSR count). The third-order valence-corrected chi connectivity index (χ3v) is 6.76. The van der Waals surface area contributed by atoms with Crippen molar-refractivity contribution < 1.29 is 14.3 Å². The lowest BCUT2D eigenvalue weighted by atomic mass is 10.0. The third-order valence-electron chi connectivity index (χ3n) is 6.46. The fourth-order valence-corrected chi connectivity index (χ4v) is 4.99. The average Bonchev–Trinajstić information content (AvgIpc) is 3.16. The number of amides is 2. The molecule has 0 saturated carbocycles. The van der Waals surface area contributed by atoms with E-state index in [4.69, 9.17) is 16.3 Å². The Morgan fingerprint density at radius 1 is 1.09 bits per heavy atom. The molecular weight excluding hydrogens is 426 g/mol. The number of anilines is 1. The molecular formula is C25H26ClN3O3. The summed E-state index contributed by atoms with van der Waals surface area (Å²) in [6.45, 7) is 1.85. The fourth-order valence-electron chi connectivity index (χ4n) is 4.73. The summed E-state index contributed by atoms with van der Waals surface area (Å²) in [5.41, 5.74) is 2.46. The topological polar surface area (TPSA) is 63.6 Å². The van der Waals surface area contributed by atoms with Gasteiger partial charge >= 0.3 is 0 Å². The second kappa shape index (κ2) is 8.96. The summed E-state index contributed by atoms with van der Waals surface area (Å²) in [5.74, 6) is 0.0251. The largest absolute Gasteiger partial charge is 0.379 e. The van der Waals surface area contributed by atoms with Crippen molar-refractivity contribution in [2.75, 3.05) is 24.7 Å². The minimum absolute atomic E-state index is 0.0460. The van der Waals surface area contributed by atoms with E-state index in [1.807, 2.05) is 42.6 Å². The van der Waals surface area contributed by atoms with E-state index in [1.54, 1.807) is 17.0 Å². The van der Waals surface area contributed by atoms with E-state index in [1.165, 1.54) is 0 Å². The number of halogens is 1. The van der Waals surface area contributed by atoms with E-state index in [0.717, 1.165) is 42.4 Å². The van der Waals surface area contributed by atoms with E-state index in [0.29, 0.717) is 30.2 Å². The quantitative estimate of drug-likeness (QED) is 0.631. The minimum Gasteiger partial charge on any atom is -0.379 e. The van der Waals surface area contributed by atoms with E-state index in [2.05, 4.69) is 9.88 Å². The molecule has 3 aromatic rings. The van der Waals surface area contributed by atoms with Crippen molar-refractivity contribution in [2.45, 2.75) is 37.8 Å². The summed E-state index contributed by atoms with van der Waals surface area (Å²) in [6.07, 6.45) is 5.20. The maximum Gasteiger partial charge on any atom is 0.251 e. The molecule has 2 amide bonds. The molecule has 2 aliphatic rings. The molecule has 3 heterocycles. The van der Waals surface area contributed by atoms with Gasteiger partial charge in [-0.2, -0.15) is 0 Å². The van der Waals surface area contributed by atoms with Gasteiger partial charge in [0.15, 0.2) is 0 Å². The highest BCUT2D eigenvalue weighted by Gasteiger charge is 2.30. The summed E-state index contributed by atoms with van der Waals surface area (Å²) in [7, 11) is 0. The molecule has 2 unspecified atom stereocenters. The number of carbonyl (C=O) groups is 2. The Morgan fingerprint density at radius 2 is 1.91 bits per heavy atom. The van der Waals surface area contributed by atoms with Crippen LogP contribution in [0.4, 0.5) is 5.69 Å². The monoisotopic (exact) mass is 451 g/mol. The molecule has 1 N–H and O–H groups in total. The zero-order valence-corrected chi connectivity index (χ0v) is 18.6. The van der Waals surface area contributed by atoms with E-state index >= 15 is 0 Å². The zero-order chi connectivity index (χ0) is 22.1. The number of nitrogens with zero attached hydrogens (tertiary/aromatic N) is 2. The van der Waals surface area contributed by atoms with Crippen LogP contribution in [0.3, 0.4) is 0 Å². The highest BCUT2D eigenvalue weighted by Crippen LogP contribution is 2.31. The Balaban J connectivity index is 1.34. The number of hydrogen-bond acceptors (Lipinski definition) is 3. The first-order valence-electron chi connectivity index (χ1n) is 11.2. The summed E-state index contributed by atoms with van der Waals surface area (Å²) in [4.78, 5) is 27.0. The van der Waals surface area contributed by atoms with Crippen LogP contribution in [0.5, 0.6) is 0 Å². The molecule has 0 aliphatic carbocycles. The van der Waals surface area contributed by atoms with Crippen molar-refractivity contribution in [1.82, 2.24) is 9.88 Å². The Morgan fingerprint density at radius 3 is 2.72 bits per heavy atom. The van der Waals surface area contributed by atoms with Gasteiger partial charge in [0.05, 0.1) is 23.7 Å². The molecule has 2 fully saturated rings. The zero-order valence-electron chi connectivity index (χ0n) is 17.8. The number of para-hydroxylation sites is 1. The van der Waals surface area contributed by atoms with Crippen LogP contribution in [0.25, 0.3) is 10.9 Å². The molecule has 1 aromatic heterocycles. The smallest absolute Gasteiger partial charge is 0.251 e. The van der Waals surface area contributed by atoms with Gasteiger partial charge in [-0.1, -0.05) is 29.8 Å². The molecule has 6 nitrogen and oxygen atoms in total. The number of nitrogens with one attached hydrogen (secondary N) is 1. The maximum atomic E-state index is 13.0. The van der Waals surface area contributed by atoms with E-state index in [9.17, 15) is 9.59 Å². The van der Waals surface area contributed by atoms with Gasteiger partial charge < -0.3 is 19.5 Å². The molecule has 7 heteroatoms. The van der Waals surface area contributed by atoms with Gasteiger partial charge in [-0.05, 0) is 49.6 Å². The van der Waals surface area contributed by atoms with Crippen LogP contribution in [0.15, 0.2) is 54.7 Å². The molecule has 32 heavy (non-hydrogen) atoms. The summed E-state index contributed by atoms with van der Waals surface area (Å²) in [5, 5.41) is 4.89. The SMILES string of the molecule is O=C(NC1CCOCC1n1cc(Cl)c2ccccc21)c1ccc(N2CCCCC2=O)cc1. The number of rotatable bonds is 4. The molecule has 0 radical (unpaired) electrons. The van der Waals surface area contributed by atoms with Crippen molar-refractivity contribution in [1.29, 1.82) is 0 Å². The van der Waals surface area contributed by atoms with Gasteiger partial charge in [0.2, 0.25) is 5.91 Å². The third kappa shape index (κ3) is 4.00. The predicted octanol–water partition coefficient (Wildman–Crippen LogP) is 4.57. The lowest BCUT2D eigenvalue weighted by molar-refractivity contribution is -0.119. The van der Waals surface area contributed by atoms with Crippen LogP contribution in [-0.4, -0.2) is 42.2 Å². The Kier molecular flexibility index (Phi) is 5.89. The molecule has 2 aromatic carbocycles. The van der Waals surface area contributed by atoms with Gasteiger partial charge in [0, 0.05) is 47.9 Å². The van der Waals surface area contributed by atoms with Gasteiger partial charge in [-0.25, -0.2) is 0 Å². The first kappa shape index (κ1) is 21.0. The van der Waals surface area contributed by atoms with Crippen LogP contribution in [-0.2, 0) is 9.53 Å². The standard InChI is InChI=1S/C25H26ClN3O3/c26-20-15-29(22-6-2-1-5-19(20)22)23-16-32-14-12-21(23)27-25(31)17-8-10-18(11-9-17)28-13-4-3-7-24(28)30/h1-2,5-6,8-11,15,21,23H,3-4,7,12-14,16H2,(H,27,31). The van der Waals surface area contributed by atoms with Crippen molar-refractivity contribution in [2.24, 2.45) is 0 Å². The van der Waals surface area contributed by atoms with Crippen LogP contribution in [0, 0.1) is 0 Å². The second-order valence-corrected chi connectivity index (χ2v) is 8.87. The fraction of sp³-hybridized carbons (Fsp3) is 0.360. The number of carbonyl (C=O) groups excluding carboxylic acids is 2. The lowest BCUT2D eigenvalue weighted by Gasteiger charge is -2.33. The number of piperidine rings is 1. The summed E-state index contributed by atoms with van der Waals surface area (Å²) in [6, 6.07) is 15.2. The first-order chi connectivity index (χ1) is 15.6. The van der Waals surface area contributed by atoms with Gasteiger partial charge in [-0.15, -0.1) is 0 Å². The van der Waals surface area contributed by atoms with Crippen LogP contribution >= 0.6 is 11.6 Å². The Labute approximate surface area is 192 Å². The number of benzene rings is 2. The average molecular weight is 452 g/mol. The maximum absolute atomic E-state index is 13.0. The van der Waals surface area contributed by atoms with Gasteiger partial charge in [-0.3, -0.25) is 9.59 Å². The Hall–Kier alpha value is -2.83. The summed E-state index contributed by atoms with van der Waals surface area (Å²) >= 11 is 6.46. The molecule has 2 atom stereocenters. The van der Waals surface area contributed by atoms with Crippen molar-refractivity contribution in [3.63, 3.8) is 0 Å². The number of aromatic nitrogens is 1. The Bertz CT molecular complexity index is 1140. The second-order valence-electron chi connectivity index (χ2n) is 8.46. The van der Waals surface area contributed by atoms with Crippen LogP contribution < -0.4 is 10.2 Å². The van der Waals surface area contributed by atoms with Crippen LogP contribution in [0.2, 0.25) is 5.02 Å². The number of hydrogen-bond donors (Lipinski definition) is 1. The molecule has 0 spiro atoms. The van der Waals surface area contributed by atoms with Crippen molar-refractivity contribution in [3.8, 4) is 0 Å². The normalized spacial score (nSPS) is 21.7. The lowest BCUT2D eigenvalue weighted by Crippen LogP contribution is -2.46. The molecule has 2 saturated heterocycles. The van der Waals surface area contributed by atoms with Gasteiger partial charge in [0.1, 0.15) is 0 Å². The molecule has 166 valence electrons. The summed E-state index contributed by atoms with van der Waals surface area (Å²) < 4.78 is 7.87. The minimum atomic E-state index is -0.124. The molecule has 0 bridgehead atoms.